The van der Waals surface area contributed by atoms with Gasteiger partial charge >= 0.3 is 0 Å². The third kappa shape index (κ3) is 3.28. The van der Waals surface area contributed by atoms with Gasteiger partial charge in [0.1, 0.15) is 11.3 Å². The predicted octanol–water partition coefficient (Wildman–Crippen LogP) is 3.53. The fourth-order valence-electron chi connectivity index (χ4n) is 2.63. The number of fused-ring (bicyclic) bond motifs is 1. The number of halogens is 1. The highest BCUT2D eigenvalue weighted by Crippen LogP contribution is 2.39. The van der Waals surface area contributed by atoms with E-state index in [-0.39, 0.29) is 23.9 Å². The van der Waals surface area contributed by atoms with Gasteiger partial charge < -0.3 is 9.94 Å². The number of hydroxylamine groups is 1. The first kappa shape index (κ1) is 17.7. The van der Waals surface area contributed by atoms with Crippen molar-refractivity contribution in [3.05, 3.63) is 47.2 Å². The van der Waals surface area contributed by atoms with Gasteiger partial charge in [-0.2, -0.15) is 5.48 Å². The third-order valence-electron chi connectivity index (χ3n) is 3.73. The van der Waals surface area contributed by atoms with Gasteiger partial charge in [0.2, 0.25) is 0 Å². The fraction of sp³-hybridized carbons (Fsp3) is 0.438. The topological polar surface area (TPSA) is 58.6 Å². The summed E-state index contributed by atoms with van der Waals surface area (Å²) in [4.78, 5) is 17.1. The summed E-state index contributed by atoms with van der Waals surface area (Å²) in [6, 6.07) is 7.34. The molecule has 2 N–H and O–H groups in total. The van der Waals surface area contributed by atoms with E-state index in [0.717, 1.165) is 12.0 Å². The second kappa shape index (κ2) is 7.07. The van der Waals surface area contributed by atoms with Crippen LogP contribution in [0.4, 0.5) is 0 Å². The summed E-state index contributed by atoms with van der Waals surface area (Å²) in [6.07, 6.45) is 2.84. The highest BCUT2D eigenvalue weighted by Gasteiger charge is 2.42. The number of ketones is 1. The van der Waals surface area contributed by atoms with Crippen molar-refractivity contribution < 1.29 is 14.7 Å². The van der Waals surface area contributed by atoms with E-state index in [0.29, 0.717) is 17.9 Å². The van der Waals surface area contributed by atoms with Crippen molar-refractivity contribution in [1.29, 1.82) is 0 Å². The van der Waals surface area contributed by atoms with Crippen LogP contribution in [0, 0.1) is 5.92 Å². The van der Waals surface area contributed by atoms with Crippen molar-refractivity contribution in [2.75, 3.05) is 7.11 Å². The molecule has 0 amide bonds. The maximum Gasteiger partial charge on any atom is 0.189 e. The molecule has 0 fully saturated rings. The molecule has 116 valence electrons. The van der Waals surface area contributed by atoms with Gasteiger partial charge in [-0.15, -0.1) is 12.4 Å². The summed E-state index contributed by atoms with van der Waals surface area (Å²) in [7, 11) is 1.52. The molecule has 21 heavy (non-hydrogen) atoms. The summed E-state index contributed by atoms with van der Waals surface area (Å²) in [6.45, 7) is 4.25. The molecule has 0 aromatic heterocycles. The van der Waals surface area contributed by atoms with Crippen LogP contribution >= 0.6 is 12.4 Å². The number of aliphatic hydroxyl groups excluding tert-OH is 1. The molecule has 0 saturated heterocycles. The maximum absolute atomic E-state index is 12.0. The van der Waals surface area contributed by atoms with Crippen LogP contribution in [0.25, 0.3) is 0 Å². The van der Waals surface area contributed by atoms with E-state index in [9.17, 15) is 9.90 Å². The van der Waals surface area contributed by atoms with Crippen LogP contribution in [0.1, 0.15) is 42.6 Å². The van der Waals surface area contributed by atoms with Crippen LogP contribution in [0.2, 0.25) is 0 Å². The monoisotopic (exact) mass is 311 g/mol. The Morgan fingerprint density at radius 3 is 2.62 bits per heavy atom. The zero-order chi connectivity index (χ0) is 14.8. The average Bonchev–Trinajstić information content (AvgIpc) is 2.42. The molecule has 1 atom stereocenters. The Morgan fingerprint density at radius 2 is 2.00 bits per heavy atom. The van der Waals surface area contributed by atoms with Crippen LogP contribution < -0.4 is 5.48 Å². The van der Waals surface area contributed by atoms with E-state index >= 15 is 0 Å². The first-order valence-corrected chi connectivity index (χ1v) is 6.86. The summed E-state index contributed by atoms with van der Waals surface area (Å²) >= 11 is 0. The van der Waals surface area contributed by atoms with Gasteiger partial charge in [-0.1, -0.05) is 38.1 Å². The lowest BCUT2D eigenvalue weighted by Gasteiger charge is -2.37. The van der Waals surface area contributed by atoms with Crippen LogP contribution in [-0.2, 0) is 10.4 Å². The van der Waals surface area contributed by atoms with Gasteiger partial charge in [0, 0.05) is 11.6 Å². The highest BCUT2D eigenvalue weighted by molar-refractivity contribution is 6.07. The summed E-state index contributed by atoms with van der Waals surface area (Å²) < 4.78 is 0. The van der Waals surface area contributed by atoms with Crippen molar-refractivity contribution >= 4 is 18.2 Å². The van der Waals surface area contributed by atoms with E-state index in [1.165, 1.54) is 13.2 Å². The van der Waals surface area contributed by atoms with Crippen LogP contribution in [0.15, 0.2) is 36.1 Å². The van der Waals surface area contributed by atoms with Crippen molar-refractivity contribution in [1.82, 2.24) is 5.48 Å². The van der Waals surface area contributed by atoms with Gasteiger partial charge in [-0.25, -0.2) is 0 Å². The molecule has 1 aliphatic carbocycles. The Labute approximate surface area is 131 Å². The lowest BCUT2D eigenvalue weighted by molar-refractivity contribution is 0.000678. The van der Waals surface area contributed by atoms with Crippen molar-refractivity contribution in [3.63, 3.8) is 0 Å². The third-order valence-corrected chi connectivity index (χ3v) is 3.73. The Kier molecular flexibility index (Phi) is 5.96. The van der Waals surface area contributed by atoms with E-state index in [4.69, 9.17) is 4.84 Å². The van der Waals surface area contributed by atoms with Crippen molar-refractivity contribution in [2.24, 2.45) is 5.92 Å². The largest absolute Gasteiger partial charge is 0.510 e. The number of carbonyl (C=O) groups is 1. The number of rotatable bonds is 5. The number of hydrogen-bond acceptors (Lipinski definition) is 4. The van der Waals surface area contributed by atoms with E-state index in [2.05, 4.69) is 19.3 Å². The lowest BCUT2D eigenvalue weighted by Crippen LogP contribution is -2.46. The number of benzene rings is 1. The van der Waals surface area contributed by atoms with Crippen LogP contribution in [-0.4, -0.2) is 18.0 Å². The minimum Gasteiger partial charge on any atom is -0.510 e. The van der Waals surface area contributed by atoms with Crippen molar-refractivity contribution in [3.8, 4) is 0 Å². The minimum absolute atomic E-state index is 0. The molecule has 0 spiro atoms. The molecule has 0 bridgehead atoms. The summed E-state index contributed by atoms with van der Waals surface area (Å²) in [5.74, 6) is 0.336. The first-order valence-electron chi connectivity index (χ1n) is 6.86. The Bertz CT molecular complexity index is 542. The molecule has 1 aromatic rings. The molecular formula is C16H22ClNO3. The molecular weight excluding hydrogens is 290 g/mol. The number of nitrogens with one attached hydrogen (secondary N) is 1. The smallest absolute Gasteiger partial charge is 0.189 e. The molecule has 0 aliphatic heterocycles. The molecule has 0 unspecified atom stereocenters. The molecule has 1 aliphatic rings. The van der Waals surface area contributed by atoms with E-state index in [1.54, 1.807) is 6.07 Å². The first-order chi connectivity index (χ1) is 9.51. The molecule has 4 nitrogen and oxygen atoms in total. The second-order valence-electron chi connectivity index (χ2n) is 5.58. The van der Waals surface area contributed by atoms with Crippen LogP contribution in [0.5, 0.6) is 0 Å². The molecule has 0 radical (unpaired) electrons. The van der Waals surface area contributed by atoms with Crippen molar-refractivity contribution in [2.45, 2.75) is 32.2 Å². The zero-order valence-corrected chi connectivity index (χ0v) is 13.4. The van der Waals surface area contributed by atoms with Crippen LogP contribution in [0.3, 0.4) is 0 Å². The quantitative estimate of drug-likeness (QED) is 0.817. The highest BCUT2D eigenvalue weighted by atomic mass is 35.5. The van der Waals surface area contributed by atoms with E-state index < -0.39 is 5.54 Å². The Balaban J connectivity index is 0.00000220. The summed E-state index contributed by atoms with van der Waals surface area (Å²) in [5, 5.41) is 10.4. The van der Waals surface area contributed by atoms with Gasteiger partial charge in [0.15, 0.2) is 5.78 Å². The molecule has 2 rings (SSSR count). The molecule has 0 heterocycles. The van der Waals surface area contributed by atoms with Gasteiger partial charge in [-0.05, 0) is 24.3 Å². The standard InChI is InChI=1S/C16H21NO3.ClH/c1-11(2)8-9-16(17-20-3)13-7-5-4-6-12(13)14(18)10-15(16)19;/h4-7,10-11,17,19H,8-9H2,1-3H3;1H/t16-;/m0./s1. The van der Waals surface area contributed by atoms with Gasteiger partial charge in [0.05, 0.1) is 7.11 Å². The number of allylic oxidation sites excluding steroid dienone is 1. The maximum atomic E-state index is 12.0. The zero-order valence-electron chi connectivity index (χ0n) is 12.6. The molecule has 5 heteroatoms. The number of aliphatic hydroxyl groups is 1. The molecule has 0 saturated carbocycles. The fourth-order valence-corrected chi connectivity index (χ4v) is 2.63. The predicted molar refractivity (Wildman–Crippen MR) is 84.6 cm³/mol. The molecule has 1 aromatic carbocycles. The number of hydrogen-bond donors (Lipinski definition) is 2. The SMILES string of the molecule is CON[C@]1(CCC(C)C)C(O)=CC(=O)c2ccccc21.Cl. The number of carbonyl (C=O) groups excluding carboxylic acids is 1. The average molecular weight is 312 g/mol. The normalized spacial score (nSPS) is 20.8. The summed E-state index contributed by atoms with van der Waals surface area (Å²) in [5.41, 5.74) is 3.45. The lowest BCUT2D eigenvalue weighted by atomic mass is 9.76. The second-order valence-corrected chi connectivity index (χ2v) is 5.58. The van der Waals surface area contributed by atoms with Gasteiger partial charge in [0.25, 0.3) is 0 Å². The van der Waals surface area contributed by atoms with Gasteiger partial charge in [-0.3, -0.25) is 4.79 Å². The Morgan fingerprint density at radius 1 is 1.33 bits per heavy atom. The minimum atomic E-state index is -0.844. The Hall–Kier alpha value is -1.36. The van der Waals surface area contributed by atoms with E-state index in [1.807, 2.05) is 18.2 Å².